The van der Waals surface area contributed by atoms with E-state index in [2.05, 4.69) is 5.32 Å². The summed E-state index contributed by atoms with van der Waals surface area (Å²) in [5.74, 6) is 0.662. The Balaban J connectivity index is 1.67. The van der Waals surface area contributed by atoms with Gasteiger partial charge in [0.25, 0.3) is 11.8 Å². The third-order valence-corrected chi connectivity index (χ3v) is 5.35. The van der Waals surface area contributed by atoms with Crippen LogP contribution in [-0.2, 0) is 16.0 Å². The van der Waals surface area contributed by atoms with Crippen LogP contribution in [0.5, 0.6) is 11.5 Å². The number of rotatable bonds is 8. The van der Waals surface area contributed by atoms with Crippen molar-refractivity contribution in [2.45, 2.75) is 6.42 Å². The molecule has 3 aromatic carbocycles. The van der Waals surface area contributed by atoms with Gasteiger partial charge >= 0.3 is 0 Å². The standard InChI is InChI=1S/C26H24N2O4/c1-31-21-13-11-19(12-14-21)23-24(27-20-9-6-10-22(17-20)32-2)26(30)28(25(23)29)16-15-18-7-4-3-5-8-18/h3-14,17,27H,15-16H2,1-2H3. The number of hydrogen-bond acceptors (Lipinski definition) is 5. The minimum Gasteiger partial charge on any atom is -0.497 e. The highest BCUT2D eigenvalue weighted by Crippen LogP contribution is 2.32. The molecule has 1 aliphatic rings. The predicted octanol–water partition coefficient (Wildman–Crippen LogP) is 4.14. The summed E-state index contributed by atoms with van der Waals surface area (Å²) >= 11 is 0. The lowest BCUT2D eigenvalue weighted by Gasteiger charge is -2.15. The Morgan fingerprint density at radius 1 is 0.781 bits per heavy atom. The van der Waals surface area contributed by atoms with E-state index >= 15 is 0 Å². The number of carbonyl (C=O) groups is 2. The fourth-order valence-corrected chi connectivity index (χ4v) is 3.65. The van der Waals surface area contributed by atoms with E-state index in [0.29, 0.717) is 41.3 Å². The number of hydrogen-bond donors (Lipinski definition) is 1. The van der Waals surface area contributed by atoms with Crippen molar-refractivity contribution in [3.63, 3.8) is 0 Å². The summed E-state index contributed by atoms with van der Waals surface area (Å²) in [6.07, 6.45) is 0.584. The van der Waals surface area contributed by atoms with Crippen LogP contribution in [0.2, 0.25) is 0 Å². The van der Waals surface area contributed by atoms with Crippen LogP contribution in [0.3, 0.4) is 0 Å². The molecule has 6 nitrogen and oxygen atoms in total. The number of amides is 2. The van der Waals surface area contributed by atoms with Gasteiger partial charge in [0.1, 0.15) is 17.2 Å². The van der Waals surface area contributed by atoms with Crippen LogP contribution in [0.4, 0.5) is 5.69 Å². The minimum atomic E-state index is -0.348. The van der Waals surface area contributed by atoms with Gasteiger partial charge in [-0.05, 0) is 41.8 Å². The van der Waals surface area contributed by atoms with Crippen molar-refractivity contribution >= 4 is 23.1 Å². The van der Waals surface area contributed by atoms with E-state index in [9.17, 15) is 9.59 Å². The van der Waals surface area contributed by atoms with Crippen molar-refractivity contribution < 1.29 is 19.1 Å². The number of methoxy groups -OCH3 is 2. The van der Waals surface area contributed by atoms with E-state index in [1.54, 1.807) is 44.6 Å². The third kappa shape index (κ3) is 4.34. The molecule has 1 N–H and O–H groups in total. The highest BCUT2D eigenvalue weighted by molar-refractivity contribution is 6.36. The molecule has 1 aliphatic heterocycles. The average Bonchev–Trinajstić information content (AvgIpc) is 3.07. The SMILES string of the molecule is COc1ccc(C2=C(Nc3cccc(OC)c3)C(=O)N(CCc3ccccc3)C2=O)cc1. The number of benzene rings is 3. The molecular weight excluding hydrogens is 404 g/mol. The predicted molar refractivity (Wildman–Crippen MR) is 123 cm³/mol. The first-order chi connectivity index (χ1) is 15.6. The Labute approximate surface area is 187 Å². The van der Waals surface area contributed by atoms with Crippen LogP contribution in [0.25, 0.3) is 5.57 Å². The zero-order valence-corrected chi connectivity index (χ0v) is 18.0. The molecule has 2 amide bonds. The molecule has 0 aromatic heterocycles. The topological polar surface area (TPSA) is 67.9 Å². The van der Waals surface area contributed by atoms with E-state index in [1.807, 2.05) is 48.5 Å². The van der Waals surface area contributed by atoms with Crippen LogP contribution >= 0.6 is 0 Å². The van der Waals surface area contributed by atoms with Gasteiger partial charge in [-0.2, -0.15) is 0 Å². The van der Waals surface area contributed by atoms with E-state index in [-0.39, 0.29) is 17.5 Å². The molecule has 0 unspecified atom stereocenters. The summed E-state index contributed by atoms with van der Waals surface area (Å²) in [6, 6.07) is 24.2. The molecule has 0 atom stereocenters. The molecule has 1 heterocycles. The second-order valence-corrected chi connectivity index (χ2v) is 7.33. The van der Waals surface area contributed by atoms with Crippen LogP contribution in [0.1, 0.15) is 11.1 Å². The summed E-state index contributed by atoms with van der Waals surface area (Å²) in [4.78, 5) is 28.0. The fourth-order valence-electron chi connectivity index (χ4n) is 3.65. The van der Waals surface area contributed by atoms with E-state index < -0.39 is 0 Å². The molecule has 0 fully saturated rings. The monoisotopic (exact) mass is 428 g/mol. The Bertz CT molecular complexity index is 1150. The summed E-state index contributed by atoms with van der Waals surface area (Å²) in [7, 11) is 3.16. The number of carbonyl (C=O) groups excluding carboxylic acids is 2. The summed E-state index contributed by atoms with van der Waals surface area (Å²) in [5, 5.41) is 3.16. The Kier molecular flexibility index (Phi) is 6.22. The van der Waals surface area contributed by atoms with Crippen molar-refractivity contribution in [2.24, 2.45) is 0 Å². The van der Waals surface area contributed by atoms with Gasteiger partial charge in [0.2, 0.25) is 0 Å². The number of nitrogens with zero attached hydrogens (tertiary/aromatic N) is 1. The zero-order chi connectivity index (χ0) is 22.5. The van der Waals surface area contributed by atoms with Gasteiger partial charge in [0.05, 0.1) is 19.8 Å². The van der Waals surface area contributed by atoms with Gasteiger partial charge in [0, 0.05) is 18.3 Å². The average molecular weight is 428 g/mol. The molecule has 6 heteroatoms. The van der Waals surface area contributed by atoms with Crippen molar-refractivity contribution in [1.82, 2.24) is 4.90 Å². The summed E-state index contributed by atoms with van der Waals surface area (Å²) in [5.41, 5.74) is 2.97. The largest absolute Gasteiger partial charge is 0.497 e. The van der Waals surface area contributed by atoms with Crippen molar-refractivity contribution in [1.29, 1.82) is 0 Å². The molecule has 162 valence electrons. The van der Waals surface area contributed by atoms with Gasteiger partial charge in [-0.3, -0.25) is 14.5 Å². The second kappa shape index (κ2) is 9.39. The van der Waals surface area contributed by atoms with Gasteiger partial charge in [-0.15, -0.1) is 0 Å². The zero-order valence-electron chi connectivity index (χ0n) is 18.0. The fraction of sp³-hybridized carbons (Fsp3) is 0.154. The van der Waals surface area contributed by atoms with Gasteiger partial charge in [-0.1, -0.05) is 48.5 Å². The number of nitrogens with one attached hydrogen (secondary N) is 1. The van der Waals surface area contributed by atoms with Gasteiger partial charge in [-0.25, -0.2) is 0 Å². The highest BCUT2D eigenvalue weighted by atomic mass is 16.5. The van der Waals surface area contributed by atoms with Crippen LogP contribution in [0, 0.1) is 0 Å². The minimum absolute atomic E-state index is 0.251. The Hall–Kier alpha value is -4.06. The maximum Gasteiger partial charge on any atom is 0.278 e. The molecule has 0 bridgehead atoms. The van der Waals surface area contributed by atoms with Crippen LogP contribution in [0.15, 0.2) is 84.6 Å². The smallest absolute Gasteiger partial charge is 0.278 e. The number of anilines is 1. The van der Waals surface area contributed by atoms with E-state index in [4.69, 9.17) is 9.47 Å². The molecule has 4 rings (SSSR count). The highest BCUT2D eigenvalue weighted by Gasteiger charge is 2.39. The summed E-state index contributed by atoms with van der Waals surface area (Å²) < 4.78 is 10.5. The van der Waals surface area contributed by atoms with Crippen molar-refractivity contribution in [3.8, 4) is 11.5 Å². The second-order valence-electron chi connectivity index (χ2n) is 7.33. The maximum atomic E-state index is 13.4. The molecule has 3 aromatic rings. The lowest BCUT2D eigenvalue weighted by atomic mass is 10.0. The summed E-state index contributed by atoms with van der Waals surface area (Å²) in [6.45, 7) is 0.296. The first-order valence-corrected chi connectivity index (χ1v) is 10.3. The maximum absolute atomic E-state index is 13.4. The number of imide groups is 1. The van der Waals surface area contributed by atoms with Crippen molar-refractivity contribution in [2.75, 3.05) is 26.1 Å². The number of ether oxygens (including phenoxy) is 2. The normalized spacial score (nSPS) is 13.5. The first kappa shape index (κ1) is 21.2. The lowest BCUT2D eigenvalue weighted by molar-refractivity contribution is -0.136. The molecule has 0 aliphatic carbocycles. The van der Waals surface area contributed by atoms with Crippen molar-refractivity contribution in [3.05, 3.63) is 95.7 Å². The quantitative estimate of drug-likeness (QED) is 0.546. The van der Waals surface area contributed by atoms with Crippen LogP contribution in [-0.4, -0.2) is 37.5 Å². The molecule has 32 heavy (non-hydrogen) atoms. The molecule has 0 saturated carbocycles. The van der Waals surface area contributed by atoms with Gasteiger partial charge < -0.3 is 14.8 Å². The molecule has 0 radical (unpaired) electrons. The van der Waals surface area contributed by atoms with E-state index in [0.717, 1.165) is 5.56 Å². The molecule has 0 spiro atoms. The van der Waals surface area contributed by atoms with Gasteiger partial charge in [0.15, 0.2) is 0 Å². The third-order valence-electron chi connectivity index (χ3n) is 5.35. The van der Waals surface area contributed by atoms with Crippen LogP contribution < -0.4 is 14.8 Å². The lowest BCUT2D eigenvalue weighted by Crippen LogP contribution is -2.34. The molecule has 0 saturated heterocycles. The van der Waals surface area contributed by atoms with E-state index in [1.165, 1.54) is 4.90 Å². The Morgan fingerprint density at radius 2 is 1.50 bits per heavy atom. The first-order valence-electron chi connectivity index (χ1n) is 10.3. The molecular formula is C26H24N2O4. The Morgan fingerprint density at radius 3 is 2.19 bits per heavy atom.